The van der Waals surface area contributed by atoms with Crippen LogP contribution in [0.25, 0.3) is 11.0 Å². The van der Waals surface area contributed by atoms with Gasteiger partial charge in [-0.15, -0.1) is 0 Å². The van der Waals surface area contributed by atoms with E-state index in [1.807, 2.05) is 29.2 Å². The van der Waals surface area contributed by atoms with Crippen molar-refractivity contribution in [3.63, 3.8) is 0 Å². The number of H-pyrrole nitrogens is 1. The average molecular weight is 406 g/mol. The van der Waals surface area contributed by atoms with E-state index in [1.54, 1.807) is 13.4 Å². The van der Waals surface area contributed by atoms with Crippen LogP contribution in [0.5, 0.6) is 5.75 Å². The number of carbonyl (C=O) groups is 1. The molecule has 0 aliphatic heterocycles. The Hall–Kier alpha value is -2.90. The van der Waals surface area contributed by atoms with Crippen LogP contribution >= 0.6 is 0 Å². The monoisotopic (exact) mass is 406 g/mol. The van der Waals surface area contributed by atoms with Crippen molar-refractivity contribution in [3.05, 3.63) is 36.7 Å². The Morgan fingerprint density at radius 3 is 2.87 bits per heavy atom. The fraction of sp³-hybridized carbons (Fsp3) is 0.545. The predicted molar refractivity (Wildman–Crippen MR) is 110 cm³/mol. The third-order valence-electron chi connectivity index (χ3n) is 7.57. The van der Waals surface area contributed by atoms with Crippen molar-refractivity contribution < 1.29 is 9.53 Å². The highest BCUT2D eigenvalue weighted by molar-refractivity contribution is 5.83. The first-order chi connectivity index (χ1) is 14.6. The molecule has 0 saturated heterocycles. The minimum absolute atomic E-state index is 0.0478. The maximum absolute atomic E-state index is 13.5. The second-order valence-electron chi connectivity index (χ2n) is 9.56. The lowest BCUT2D eigenvalue weighted by Gasteiger charge is -2.60. The largest absolute Gasteiger partial charge is 0.497 e. The molecule has 4 fully saturated rings. The van der Waals surface area contributed by atoms with Gasteiger partial charge in [-0.1, -0.05) is 0 Å². The van der Waals surface area contributed by atoms with Gasteiger partial charge in [-0.25, -0.2) is 14.6 Å². The first kappa shape index (κ1) is 17.9. The first-order valence-electron chi connectivity index (χ1n) is 10.7. The third kappa shape index (κ3) is 2.66. The highest BCUT2D eigenvalue weighted by atomic mass is 16.5. The minimum Gasteiger partial charge on any atom is -0.497 e. The van der Waals surface area contributed by atoms with E-state index in [1.165, 1.54) is 6.42 Å². The summed E-state index contributed by atoms with van der Waals surface area (Å²) in [5.74, 6) is 2.91. The van der Waals surface area contributed by atoms with Gasteiger partial charge in [-0.2, -0.15) is 5.10 Å². The average Bonchev–Trinajstić information content (AvgIpc) is 3.40. The number of fused-ring (bicyclic) bond motifs is 1. The number of amides is 1. The quantitative estimate of drug-likeness (QED) is 0.679. The van der Waals surface area contributed by atoms with Gasteiger partial charge >= 0.3 is 0 Å². The van der Waals surface area contributed by atoms with Crippen LogP contribution in [0.15, 0.2) is 30.9 Å². The zero-order chi connectivity index (χ0) is 20.3. The number of methoxy groups -OCH3 is 1. The molecular formula is C22H26N6O2. The van der Waals surface area contributed by atoms with Crippen LogP contribution in [0, 0.1) is 17.3 Å². The molecule has 0 radical (unpaired) electrons. The third-order valence-corrected chi connectivity index (χ3v) is 7.57. The lowest BCUT2D eigenvalue weighted by Crippen LogP contribution is -2.61. The van der Waals surface area contributed by atoms with Gasteiger partial charge < -0.3 is 15.0 Å². The Morgan fingerprint density at radius 1 is 1.30 bits per heavy atom. The molecule has 2 heterocycles. The van der Waals surface area contributed by atoms with Gasteiger partial charge in [-0.3, -0.25) is 4.79 Å². The van der Waals surface area contributed by atoms with E-state index in [4.69, 9.17) is 4.74 Å². The van der Waals surface area contributed by atoms with Crippen LogP contribution < -0.4 is 10.1 Å². The summed E-state index contributed by atoms with van der Waals surface area (Å²) < 4.78 is 7.32. The summed E-state index contributed by atoms with van der Waals surface area (Å²) in [6, 6.07) is 5.75. The molecule has 4 bridgehead atoms. The normalized spacial score (nSPS) is 31.9. The number of hydrogen-bond acceptors (Lipinski definition) is 5. The molecule has 1 amide bonds. The van der Waals surface area contributed by atoms with Crippen molar-refractivity contribution >= 4 is 16.9 Å². The Bertz CT molecular complexity index is 1090. The number of carbonyl (C=O) groups excluding carboxylic acids is 1. The first-order valence-corrected chi connectivity index (χ1v) is 10.7. The zero-order valence-electron chi connectivity index (χ0n) is 17.1. The van der Waals surface area contributed by atoms with E-state index in [9.17, 15) is 4.79 Å². The van der Waals surface area contributed by atoms with Gasteiger partial charge in [0, 0.05) is 6.07 Å². The summed E-state index contributed by atoms with van der Waals surface area (Å²) in [4.78, 5) is 25.6. The number of aromatic amines is 1. The fourth-order valence-electron chi connectivity index (χ4n) is 6.80. The molecule has 8 heteroatoms. The van der Waals surface area contributed by atoms with Gasteiger partial charge in [0.05, 0.1) is 35.6 Å². The molecule has 3 aromatic rings. The van der Waals surface area contributed by atoms with Crippen molar-refractivity contribution in [2.75, 3.05) is 7.11 Å². The predicted octanol–water partition coefficient (Wildman–Crippen LogP) is 2.77. The minimum atomic E-state index is -0.300. The molecule has 2 N–H and O–H groups in total. The van der Waals surface area contributed by atoms with Crippen molar-refractivity contribution in [2.45, 2.75) is 50.6 Å². The SMILES string of the molecule is COc1ccc2nc(CNC(=O)C34C[C@H]5C[C@@H](C3)CC(n3cncn3)(C5)C4)[nH]c2c1. The van der Waals surface area contributed by atoms with Gasteiger partial charge in [0.2, 0.25) is 5.91 Å². The number of hydrogen-bond donors (Lipinski definition) is 2. The zero-order valence-corrected chi connectivity index (χ0v) is 17.1. The second kappa shape index (κ2) is 6.30. The number of imidazole rings is 1. The topological polar surface area (TPSA) is 97.7 Å². The van der Waals surface area contributed by atoms with Crippen LogP contribution in [0.3, 0.4) is 0 Å². The molecule has 4 aliphatic rings. The molecular weight excluding hydrogens is 380 g/mol. The Morgan fingerprint density at radius 2 is 2.13 bits per heavy atom. The van der Waals surface area contributed by atoms with E-state index in [2.05, 4.69) is 25.4 Å². The molecule has 1 aromatic carbocycles. The maximum Gasteiger partial charge on any atom is 0.226 e. The van der Waals surface area contributed by atoms with E-state index >= 15 is 0 Å². The Labute approximate surface area is 174 Å². The summed E-state index contributed by atoms with van der Waals surface area (Å²) >= 11 is 0. The number of nitrogens with one attached hydrogen (secondary N) is 2. The summed E-state index contributed by atoms with van der Waals surface area (Å²) in [7, 11) is 1.65. The lowest BCUT2D eigenvalue weighted by molar-refractivity contribution is -0.156. The van der Waals surface area contributed by atoms with Gasteiger partial charge in [-0.05, 0) is 62.5 Å². The Kier molecular flexibility index (Phi) is 3.76. The van der Waals surface area contributed by atoms with E-state index in [-0.39, 0.29) is 16.9 Å². The number of benzene rings is 1. The standard InChI is InChI=1S/C22H26N6O2/c1-30-16-2-3-17-18(5-16)27-19(26-17)10-24-20(29)21-6-14-4-15(7-21)9-22(8-14,11-21)28-13-23-12-25-28/h2-3,5,12-15H,4,6-11H2,1H3,(H,24,29)(H,26,27)/t14-,15+,21?,22?. The van der Waals surface area contributed by atoms with Crippen LogP contribution in [-0.2, 0) is 16.9 Å². The molecule has 2 aromatic heterocycles. The fourth-order valence-corrected chi connectivity index (χ4v) is 6.80. The summed E-state index contributed by atoms with van der Waals surface area (Å²) in [6.07, 6.45) is 9.77. The number of aromatic nitrogens is 5. The number of ether oxygens (including phenoxy) is 1. The van der Waals surface area contributed by atoms with E-state index in [0.717, 1.165) is 54.7 Å². The van der Waals surface area contributed by atoms with E-state index in [0.29, 0.717) is 18.4 Å². The second-order valence-corrected chi connectivity index (χ2v) is 9.56. The number of nitrogens with zero attached hydrogens (tertiary/aromatic N) is 4. The highest BCUT2D eigenvalue weighted by Gasteiger charge is 2.61. The van der Waals surface area contributed by atoms with Crippen molar-refractivity contribution in [1.82, 2.24) is 30.0 Å². The molecule has 8 nitrogen and oxygen atoms in total. The van der Waals surface area contributed by atoms with E-state index < -0.39 is 0 Å². The molecule has 2 unspecified atom stereocenters. The van der Waals surface area contributed by atoms with Crippen LogP contribution in [-0.4, -0.2) is 37.7 Å². The number of rotatable bonds is 5. The van der Waals surface area contributed by atoms with Crippen molar-refractivity contribution in [3.8, 4) is 5.75 Å². The van der Waals surface area contributed by atoms with Crippen LogP contribution in [0.1, 0.15) is 44.3 Å². The van der Waals surface area contributed by atoms with Crippen molar-refractivity contribution in [2.24, 2.45) is 17.3 Å². The summed E-state index contributed by atoms with van der Waals surface area (Å²) in [6.45, 7) is 0.406. The molecule has 4 saturated carbocycles. The van der Waals surface area contributed by atoms with Crippen LogP contribution in [0.4, 0.5) is 0 Å². The molecule has 30 heavy (non-hydrogen) atoms. The molecule has 156 valence electrons. The van der Waals surface area contributed by atoms with Crippen molar-refractivity contribution in [1.29, 1.82) is 0 Å². The smallest absolute Gasteiger partial charge is 0.226 e. The van der Waals surface area contributed by atoms with Gasteiger partial charge in [0.1, 0.15) is 24.2 Å². The Balaban J connectivity index is 1.23. The van der Waals surface area contributed by atoms with Gasteiger partial charge in [0.15, 0.2) is 0 Å². The summed E-state index contributed by atoms with van der Waals surface area (Å²) in [5.41, 5.74) is 1.44. The lowest BCUT2D eigenvalue weighted by atomic mass is 9.46. The molecule has 0 spiro atoms. The molecule has 4 atom stereocenters. The molecule has 7 rings (SSSR count). The molecule has 4 aliphatic carbocycles. The maximum atomic E-state index is 13.5. The summed E-state index contributed by atoms with van der Waals surface area (Å²) in [5, 5.41) is 7.68. The van der Waals surface area contributed by atoms with Crippen LogP contribution in [0.2, 0.25) is 0 Å². The van der Waals surface area contributed by atoms with Gasteiger partial charge in [0.25, 0.3) is 0 Å². The highest BCUT2D eigenvalue weighted by Crippen LogP contribution is 2.64.